The number of H-pyrrole nitrogens is 1. The lowest BCUT2D eigenvalue weighted by Crippen LogP contribution is -2.26. The van der Waals surface area contributed by atoms with E-state index in [1.165, 1.54) is 23.3 Å². The monoisotopic (exact) mass is 261 g/mol. The molecular formula is C12H15N5O2. The van der Waals surface area contributed by atoms with Crippen LogP contribution >= 0.6 is 0 Å². The van der Waals surface area contributed by atoms with E-state index in [0.29, 0.717) is 11.6 Å². The van der Waals surface area contributed by atoms with E-state index in [9.17, 15) is 9.59 Å². The molecule has 0 atom stereocenters. The maximum absolute atomic E-state index is 12.2. The molecule has 0 radical (unpaired) electrons. The summed E-state index contributed by atoms with van der Waals surface area (Å²) in [6.45, 7) is 0. The highest BCUT2D eigenvalue weighted by Gasteiger charge is 2.22. The van der Waals surface area contributed by atoms with Crippen molar-refractivity contribution in [1.29, 1.82) is 0 Å². The maximum atomic E-state index is 12.2. The number of rotatable bonds is 2. The largest absolute Gasteiger partial charge is 0.310 e. The van der Waals surface area contributed by atoms with Gasteiger partial charge in [0, 0.05) is 12.0 Å². The van der Waals surface area contributed by atoms with Gasteiger partial charge in [0.1, 0.15) is 12.1 Å². The molecule has 1 fully saturated rings. The Hall–Kier alpha value is -2.18. The smallest absolute Gasteiger partial charge is 0.254 e. The van der Waals surface area contributed by atoms with Gasteiger partial charge in [-0.05, 0) is 12.8 Å². The van der Waals surface area contributed by atoms with Crippen molar-refractivity contribution >= 4 is 17.5 Å². The Balaban J connectivity index is 1.86. The molecule has 3 rings (SSSR count). The zero-order valence-corrected chi connectivity index (χ0v) is 10.4. The second kappa shape index (κ2) is 4.83. The van der Waals surface area contributed by atoms with Gasteiger partial charge in [-0.15, -0.1) is 0 Å². The van der Waals surface area contributed by atoms with E-state index >= 15 is 0 Å². The minimum absolute atomic E-state index is 0.0339. The number of hydrogen-bond donors (Lipinski definition) is 2. The Labute approximate surface area is 109 Å². The molecular weight excluding hydrogens is 246 g/mol. The van der Waals surface area contributed by atoms with Crippen molar-refractivity contribution in [2.24, 2.45) is 5.92 Å². The van der Waals surface area contributed by atoms with Crippen LogP contribution < -0.4 is 10.9 Å². The number of carbonyl (C=O) groups is 1. The fourth-order valence-corrected chi connectivity index (χ4v) is 2.52. The van der Waals surface area contributed by atoms with Crippen LogP contribution in [0.5, 0.6) is 0 Å². The molecule has 1 amide bonds. The second-order valence-electron chi connectivity index (χ2n) is 4.84. The first-order chi connectivity index (χ1) is 9.24. The van der Waals surface area contributed by atoms with E-state index in [4.69, 9.17) is 0 Å². The molecule has 2 aromatic heterocycles. The lowest BCUT2D eigenvalue weighted by atomic mass is 9.89. The summed E-state index contributed by atoms with van der Waals surface area (Å²) >= 11 is 0. The van der Waals surface area contributed by atoms with Crippen LogP contribution in [-0.4, -0.2) is 25.5 Å². The van der Waals surface area contributed by atoms with Crippen LogP contribution in [0.25, 0.3) is 5.78 Å². The lowest BCUT2D eigenvalue weighted by molar-refractivity contribution is -0.120. The van der Waals surface area contributed by atoms with Crippen LogP contribution in [-0.2, 0) is 4.79 Å². The molecule has 7 nitrogen and oxygen atoms in total. The highest BCUT2D eigenvalue weighted by Crippen LogP contribution is 2.24. The fraction of sp³-hybridized carbons (Fsp3) is 0.500. The number of amides is 1. The SMILES string of the molecule is O=C(Nc1cc(=O)[nH]c2ncnn12)C1CCCCC1. The zero-order valence-electron chi connectivity index (χ0n) is 10.4. The lowest BCUT2D eigenvalue weighted by Gasteiger charge is -2.20. The van der Waals surface area contributed by atoms with Gasteiger partial charge in [0.25, 0.3) is 5.56 Å². The molecule has 1 aliphatic rings. The van der Waals surface area contributed by atoms with Crippen molar-refractivity contribution in [3.8, 4) is 0 Å². The van der Waals surface area contributed by atoms with Crippen LogP contribution in [0, 0.1) is 5.92 Å². The molecule has 0 spiro atoms. The van der Waals surface area contributed by atoms with Gasteiger partial charge >= 0.3 is 0 Å². The van der Waals surface area contributed by atoms with Gasteiger partial charge in [-0.1, -0.05) is 19.3 Å². The molecule has 0 bridgehead atoms. The number of fused-ring (bicyclic) bond motifs is 1. The van der Waals surface area contributed by atoms with E-state index in [0.717, 1.165) is 25.7 Å². The predicted octanol–water partition coefficient (Wildman–Crippen LogP) is 0.936. The minimum Gasteiger partial charge on any atom is -0.310 e. The molecule has 100 valence electrons. The number of aromatic nitrogens is 4. The summed E-state index contributed by atoms with van der Waals surface area (Å²) in [5.74, 6) is 0.687. The molecule has 1 aliphatic carbocycles. The number of anilines is 1. The van der Waals surface area contributed by atoms with Gasteiger partial charge in [0.15, 0.2) is 0 Å². The van der Waals surface area contributed by atoms with Crippen molar-refractivity contribution in [2.75, 3.05) is 5.32 Å². The Morgan fingerprint density at radius 2 is 2.16 bits per heavy atom. The third kappa shape index (κ3) is 2.35. The van der Waals surface area contributed by atoms with E-state index in [1.54, 1.807) is 0 Å². The summed E-state index contributed by atoms with van der Waals surface area (Å²) < 4.78 is 1.42. The van der Waals surface area contributed by atoms with Crippen LogP contribution in [0.1, 0.15) is 32.1 Å². The third-order valence-corrected chi connectivity index (χ3v) is 3.51. The Bertz CT molecular complexity index is 653. The van der Waals surface area contributed by atoms with E-state index < -0.39 is 0 Å². The minimum atomic E-state index is -0.306. The molecule has 0 aliphatic heterocycles. The molecule has 19 heavy (non-hydrogen) atoms. The Morgan fingerprint density at radius 1 is 1.37 bits per heavy atom. The van der Waals surface area contributed by atoms with Crippen molar-refractivity contribution < 1.29 is 4.79 Å². The number of nitrogens with zero attached hydrogens (tertiary/aromatic N) is 3. The van der Waals surface area contributed by atoms with Crippen LogP contribution in [0.4, 0.5) is 5.82 Å². The predicted molar refractivity (Wildman–Crippen MR) is 68.8 cm³/mol. The van der Waals surface area contributed by atoms with Gasteiger partial charge in [-0.25, -0.2) is 0 Å². The third-order valence-electron chi connectivity index (χ3n) is 3.51. The summed E-state index contributed by atoms with van der Waals surface area (Å²) in [6, 6.07) is 1.32. The fourth-order valence-electron chi connectivity index (χ4n) is 2.52. The van der Waals surface area contributed by atoms with Gasteiger partial charge in [0.05, 0.1) is 0 Å². The van der Waals surface area contributed by atoms with E-state index in [2.05, 4.69) is 20.4 Å². The van der Waals surface area contributed by atoms with Crippen LogP contribution in [0.3, 0.4) is 0 Å². The average Bonchev–Trinajstić information content (AvgIpc) is 2.88. The first kappa shape index (κ1) is 11.9. The van der Waals surface area contributed by atoms with Crippen molar-refractivity contribution in [2.45, 2.75) is 32.1 Å². The molecule has 7 heteroatoms. The van der Waals surface area contributed by atoms with Crippen LogP contribution in [0.15, 0.2) is 17.2 Å². The summed E-state index contributed by atoms with van der Waals surface area (Å²) in [5, 5.41) is 6.76. The summed E-state index contributed by atoms with van der Waals surface area (Å²) in [6.07, 6.45) is 6.53. The van der Waals surface area contributed by atoms with Gasteiger partial charge < -0.3 is 5.32 Å². The van der Waals surface area contributed by atoms with Crippen molar-refractivity contribution in [1.82, 2.24) is 19.6 Å². The zero-order chi connectivity index (χ0) is 13.2. The van der Waals surface area contributed by atoms with Gasteiger partial charge in [-0.3, -0.25) is 14.6 Å². The first-order valence-corrected chi connectivity index (χ1v) is 6.48. The van der Waals surface area contributed by atoms with Crippen molar-refractivity contribution in [3.63, 3.8) is 0 Å². The van der Waals surface area contributed by atoms with Gasteiger partial charge in [0.2, 0.25) is 11.7 Å². The first-order valence-electron chi connectivity index (χ1n) is 6.48. The molecule has 0 aromatic carbocycles. The average molecular weight is 261 g/mol. The highest BCUT2D eigenvalue weighted by atomic mass is 16.2. The molecule has 0 saturated heterocycles. The summed E-state index contributed by atoms with van der Waals surface area (Å²) in [4.78, 5) is 30.1. The molecule has 2 heterocycles. The maximum Gasteiger partial charge on any atom is 0.254 e. The number of carbonyl (C=O) groups excluding carboxylic acids is 1. The summed E-state index contributed by atoms with van der Waals surface area (Å²) in [7, 11) is 0. The quantitative estimate of drug-likeness (QED) is 0.841. The number of hydrogen-bond acceptors (Lipinski definition) is 4. The molecule has 2 aromatic rings. The van der Waals surface area contributed by atoms with Gasteiger partial charge in [-0.2, -0.15) is 14.6 Å². The van der Waals surface area contributed by atoms with E-state index in [-0.39, 0.29) is 17.4 Å². The highest BCUT2D eigenvalue weighted by molar-refractivity contribution is 5.91. The number of nitrogens with one attached hydrogen (secondary N) is 2. The molecule has 0 unspecified atom stereocenters. The van der Waals surface area contributed by atoms with Crippen molar-refractivity contribution in [3.05, 3.63) is 22.7 Å². The molecule has 1 saturated carbocycles. The Morgan fingerprint density at radius 3 is 2.95 bits per heavy atom. The number of aromatic amines is 1. The normalized spacial score (nSPS) is 16.6. The Kier molecular flexibility index (Phi) is 3.02. The van der Waals surface area contributed by atoms with E-state index in [1.807, 2.05) is 0 Å². The van der Waals surface area contributed by atoms with Crippen LogP contribution in [0.2, 0.25) is 0 Å². The standard InChI is InChI=1S/C12H15N5O2/c18-10-6-9(17-12(16-10)13-7-14-17)15-11(19)8-4-2-1-3-5-8/h6-8H,1-5H2,(H,15,19)(H,13,14,16,18). The second-order valence-corrected chi connectivity index (χ2v) is 4.84. The topological polar surface area (TPSA) is 92.1 Å². The molecule has 2 N–H and O–H groups in total. The summed E-state index contributed by atoms with van der Waals surface area (Å²) in [5.41, 5.74) is -0.306.